The summed E-state index contributed by atoms with van der Waals surface area (Å²) in [6.45, 7) is 1.48. The van der Waals surface area contributed by atoms with E-state index in [-0.39, 0.29) is 11.3 Å². The van der Waals surface area contributed by atoms with E-state index in [9.17, 15) is 22.4 Å². The van der Waals surface area contributed by atoms with E-state index in [0.29, 0.717) is 11.6 Å². The molecule has 0 spiro atoms. The summed E-state index contributed by atoms with van der Waals surface area (Å²) in [5.41, 5.74) is -0.922. The molecule has 0 aliphatic heterocycles. The first-order valence-electron chi connectivity index (χ1n) is 7.07. The monoisotopic (exact) mass is 348 g/mol. The third-order valence-corrected chi connectivity index (χ3v) is 3.31. The van der Waals surface area contributed by atoms with Gasteiger partial charge in [0.25, 0.3) is 5.91 Å². The Morgan fingerprint density at radius 2 is 1.80 bits per heavy atom. The van der Waals surface area contributed by atoms with Crippen molar-refractivity contribution >= 4 is 17.7 Å². The molecule has 0 aromatic heterocycles. The van der Waals surface area contributed by atoms with Crippen molar-refractivity contribution in [2.45, 2.75) is 13.1 Å². The molecule has 7 heteroatoms. The number of benzene rings is 2. The van der Waals surface area contributed by atoms with Gasteiger partial charge in [0.15, 0.2) is 0 Å². The van der Waals surface area contributed by atoms with Crippen LogP contribution in [0.15, 0.2) is 48.0 Å². The summed E-state index contributed by atoms with van der Waals surface area (Å²) in [6, 6.07) is 9.79. The molecule has 0 unspecified atom stereocenters. The van der Waals surface area contributed by atoms with Crippen molar-refractivity contribution in [2.75, 3.05) is 5.32 Å². The molecule has 1 amide bonds. The first kappa shape index (κ1) is 18.2. The maximum Gasteiger partial charge on any atom is 0.417 e. The number of anilines is 1. The lowest BCUT2D eigenvalue weighted by Gasteiger charge is -2.12. The van der Waals surface area contributed by atoms with Crippen LogP contribution in [0, 0.1) is 17.1 Å². The highest BCUT2D eigenvalue weighted by Gasteiger charge is 2.33. The Balaban J connectivity index is 2.23. The van der Waals surface area contributed by atoms with Crippen LogP contribution in [0.4, 0.5) is 23.2 Å². The van der Waals surface area contributed by atoms with Gasteiger partial charge < -0.3 is 5.32 Å². The number of nitrogens with one attached hydrogen (secondary N) is 1. The number of hydrogen-bond donors (Lipinski definition) is 1. The van der Waals surface area contributed by atoms with Gasteiger partial charge in [0.1, 0.15) is 5.82 Å². The van der Waals surface area contributed by atoms with Crippen LogP contribution < -0.4 is 5.32 Å². The highest BCUT2D eigenvalue weighted by molar-refractivity contribution is 6.06. The van der Waals surface area contributed by atoms with Crippen LogP contribution in [-0.4, -0.2) is 5.91 Å². The molecular weight excluding hydrogens is 336 g/mol. The molecule has 0 radical (unpaired) electrons. The minimum absolute atomic E-state index is 0.0804. The van der Waals surface area contributed by atoms with Crippen LogP contribution in [0.5, 0.6) is 0 Å². The molecule has 2 aromatic carbocycles. The zero-order chi connectivity index (χ0) is 18.6. The number of hydrogen-bond acceptors (Lipinski definition) is 2. The standard InChI is InChI=1S/C18H12F4N2O/c1-11(8-12-2-5-14(19)6-3-12)17(25)24-15-7-4-13(10-23)16(9-15)18(20,21)22/h2-9H,1H3,(H,24,25)/b11-8+. The smallest absolute Gasteiger partial charge is 0.322 e. The van der Waals surface area contributed by atoms with E-state index in [0.717, 1.165) is 6.07 Å². The van der Waals surface area contributed by atoms with Crippen molar-refractivity contribution in [3.8, 4) is 6.07 Å². The minimum atomic E-state index is -4.70. The highest BCUT2D eigenvalue weighted by Crippen LogP contribution is 2.33. The Labute approximate surface area is 141 Å². The first-order chi connectivity index (χ1) is 11.7. The van der Waals surface area contributed by atoms with E-state index in [4.69, 9.17) is 5.26 Å². The predicted molar refractivity (Wildman–Crippen MR) is 84.8 cm³/mol. The van der Waals surface area contributed by atoms with Gasteiger partial charge >= 0.3 is 6.18 Å². The number of nitriles is 1. The zero-order valence-corrected chi connectivity index (χ0v) is 13.0. The molecule has 0 bridgehead atoms. The van der Waals surface area contributed by atoms with E-state index in [1.54, 1.807) is 0 Å². The third kappa shape index (κ3) is 4.67. The SMILES string of the molecule is C/C(=C\c1ccc(F)cc1)C(=O)Nc1ccc(C#N)c(C(F)(F)F)c1. The van der Waals surface area contributed by atoms with Crippen LogP contribution in [0.1, 0.15) is 23.6 Å². The van der Waals surface area contributed by atoms with Crippen molar-refractivity contribution in [1.82, 2.24) is 0 Å². The minimum Gasteiger partial charge on any atom is -0.322 e. The van der Waals surface area contributed by atoms with Crippen molar-refractivity contribution in [3.63, 3.8) is 0 Å². The summed E-state index contributed by atoms with van der Waals surface area (Å²) in [5, 5.41) is 11.1. The molecule has 3 nitrogen and oxygen atoms in total. The number of carbonyl (C=O) groups is 1. The fourth-order valence-corrected chi connectivity index (χ4v) is 2.06. The fraction of sp³-hybridized carbons (Fsp3) is 0.111. The summed E-state index contributed by atoms with van der Waals surface area (Å²) in [7, 11) is 0. The summed E-state index contributed by atoms with van der Waals surface area (Å²) in [4.78, 5) is 12.1. The summed E-state index contributed by atoms with van der Waals surface area (Å²) < 4.78 is 51.6. The number of amides is 1. The predicted octanol–water partition coefficient (Wildman–Crippen LogP) is 4.76. The fourth-order valence-electron chi connectivity index (χ4n) is 2.06. The molecular formula is C18H12F4N2O. The molecule has 1 N–H and O–H groups in total. The quantitative estimate of drug-likeness (QED) is 0.642. The number of halogens is 4. The number of carbonyl (C=O) groups excluding carboxylic acids is 1. The van der Waals surface area contributed by atoms with E-state index in [2.05, 4.69) is 5.32 Å². The number of rotatable bonds is 3. The van der Waals surface area contributed by atoms with Crippen molar-refractivity contribution in [2.24, 2.45) is 0 Å². The van der Waals surface area contributed by atoms with E-state index < -0.39 is 29.0 Å². The van der Waals surface area contributed by atoms with Gasteiger partial charge in [-0.05, 0) is 48.9 Å². The summed E-state index contributed by atoms with van der Waals surface area (Å²) >= 11 is 0. The molecule has 0 fully saturated rings. The number of alkyl halides is 3. The first-order valence-corrected chi connectivity index (χ1v) is 7.07. The zero-order valence-electron chi connectivity index (χ0n) is 13.0. The normalized spacial score (nSPS) is 11.8. The maximum atomic E-state index is 12.9. The second-order valence-corrected chi connectivity index (χ2v) is 5.20. The second-order valence-electron chi connectivity index (χ2n) is 5.20. The van der Waals surface area contributed by atoms with Crippen molar-refractivity contribution in [1.29, 1.82) is 5.26 Å². The lowest BCUT2D eigenvalue weighted by molar-refractivity contribution is -0.137. The highest BCUT2D eigenvalue weighted by atomic mass is 19.4. The van der Waals surface area contributed by atoms with Crippen LogP contribution in [0.25, 0.3) is 6.08 Å². The van der Waals surface area contributed by atoms with E-state index >= 15 is 0 Å². The lowest BCUT2D eigenvalue weighted by atomic mass is 10.1. The van der Waals surface area contributed by atoms with Gasteiger partial charge in [-0.25, -0.2) is 4.39 Å². The molecule has 0 atom stereocenters. The van der Waals surface area contributed by atoms with E-state index in [1.807, 2.05) is 0 Å². The van der Waals surface area contributed by atoms with Gasteiger partial charge in [0, 0.05) is 11.3 Å². The molecule has 2 rings (SSSR count). The number of nitrogens with zero attached hydrogens (tertiary/aromatic N) is 1. The van der Waals surface area contributed by atoms with Gasteiger partial charge in [0.2, 0.25) is 0 Å². The summed E-state index contributed by atoms with van der Waals surface area (Å²) in [5.74, 6) is -1.03. The molecule has 2 aromatic rings. The largest absolute Gasteiger partial charge is 0.417 e. The average molecular weight is 348 g/mol. The van der Waals surface area contributed by atoms with Crippen LogP contribution >= 0.6 is 0 Å². The topological polar surface area (TPSA) is 52.9 Å². The van der Waals surface area contributed by atoms with Gasteiger partial charge in [-0.3, -0.25) is 4.79 Å². The Bertz CT molecular complexity index is 862. The Morgan fingerprint density at radius 3 is 2.36 bits per heavy atom. The average Bonchev–Trinajstić information content (AvgIpc) is 2.56. The van der Waals surface area contributed by atoms with Crippen molar-refractivity contribution in [3.05, 3.63) is 70.5 Å². The Morgan fingerprint density at radius 1 is 1.16 bits per heavy atom. The maximum absolute atomic E-state index is 12.9. The molecule has 0 saturated heterocycles. The molecule has 0 aliphatic carbocycles. The van der Waals surface area contributed by atoms with Gasteiger partial charge in [0.05, 0.1) is 17.2 Å². The van der Waals surface area contributed by atoms with Gasteiger partial charge in [-0.2, -0.15) is 18.4 Å². The Hall–Kier alpha value is -3.14. The molecule has 0 saturated carbocycles. The molecule has 0 aliphatic rings. The van der Waals surface area contributed by atoms with Gasteiger partial charge in [-0.1, -0.05) is 12.1 Å². The van der Waals surface area contributed by atoms with Gasteiger partial charge in [-0.15, -0.1) is 0 Å². The molecule has 25 heavy (non-hydrogen) atoms. The second kappa shape index (κ2) is 7.18. The lowest BCUT2D eigenvalue weighted by Crippen LogP contribution is -2.14. The van der Waals surface area contributed by atoms with E-state index in [1.165, 1.54) is 49.4 Å². The van der Waals surface area contributed by atoms with Crippen LogP contribution in [0.2, 0.25) is 0 Å². The van der Waals surface area contributed by atoms with Crippen molar-refractivity contribution < 1.29 is 22.4 Å². The van der Waals surface area contributed by atoms with Crippen LogP contribution in [0.3, 0.4) is 0 Å². The molecule has 0 heterocycles. The third-order valence-electron chi connectivity index (χ3n) is 3.31. The molecule has 128 valence electrons. The van der Waals surface area contributed by atoms with Crippen LogP contribution in [-0.2, 0) is 11.0 Å². The Kier molecular flexibility index (Phi) is 5.22. The summed E-state index contributed by atoms with van der Waals surface area (Å²) in [6.07, 6.45) is -3.23.